The summed E-state index contributed by atoms with van der Waals surface area (Å²) in [5.74, 6) is 1.06. The van der Waals surface area contributed by atoms with Gasteiger partial charge in [-0.25, -0.2) is 0 Å². The standard InChI is InChI=1S/C11H21N3/c1-8(2)9(7-13-3)11(12)10-5-4-6-14-10/h4-6,8-9,11,13-14H,7,12H2,1-3H3. The predicted octanol–water partition coefficient (Wildman–Crippen LogP) is 1.51. The zero-order chi connectivity index (χ0) is 10.6. The predicted molar refractivity (Wildman–Crippen MR) is 60.0 cm³/mol. The van der Waals surface area contributed by atoms with Crippen LogP contribution in [0.4, 0.5) is 0 Å². The summed E-state index contributed by atoms with van der Waals surface area (Å²) in [6.45, 7) is 5.38. The van der Waals surface area contributed by atoms with Gasteiger partial charge in [0, 0.05) is 17.9 Å². The van der Waals surface area contributed by atoms with Crippen molar-refractivity contribution in [3.05, 3.63) is 24.0 Å². The van der Waals surface area contributed by atoms with E-state index in [1.54, 1.807) is 0 Å². The molecule has 0 spiro atoms. The molecular formula is C11H21N3. The van der Waals surface area contributed by atoms with Crippen LogP contribution in [0.15, 0.2) is 18.3 Å². The van der Waals surface area contributed by atoms with Gasteiger partial charge in [0.05, 0.1) is 0 Å². The summed E-state index contributed by atoms with van der Waals surface area (Å²) in [7, 11) is 1.97. The molecule has 0 radical (unpaired) electrons. The van der Waals surface area contributed by atoms with Crippen LogP contribution in [-0.4, -0.2) is 18.6 Å². The maximum Gasteiger partial charge on any atom is 0.0491 e. The molecule has 0 aliphatic carbocycles. The van der Waals surface area contributed by atoms with Crippen molar-refractivity contribution in [3.8, 4) is 0 Å². The molecule has 1 heterocycles. The van der Waals surface area contributed by atoms with Gasteiger partial charge in [0.15, 0.2) is 0 Å². The molecule has 3 heteroatoms. The van der Waals surface area contributed by atoms with E-state index in [2.05, 4.69) is 30.2 Å². The highest BCUT2D eigenvalue weighted by Gasteiger charge is 2.22. The third-order valence-electron chi connectivity index (χ3n) is 2.74. The minimum Gasteiger partial charge on any atom is -0.364 e. The van der Waals surface area contributed by atoms with Gasteiger partial charge in [0.1, 0.15) is 0 Å². The number of aromatic amines is 1. The molecule has 0 fully saturated rings. The third kappa shape index (κ3) is 2.59. The lowest BCUT2D eigenvalue weighted by atomic mass is 9.87. The molecule has 2 atom stereocenters. The van der Waals surface area contributed by atoms with Gasteiger partial charge in [0.2, 0.25) is 0 Å². The lowest BCUT2D eigenvalue weighted by Gasteiger charge is -2.26. The van der Waals surface area contributed by atoms with E-state index < -0.39 is 0 Å². The van der Waals surface area contributed by atoms with E-state index in [9.17, 15) is 0 Å². The summed E-state index contributed by atoms with van der Waals surface area (Å²) >= 11 is 0. The van der Waals surface area contributed by atoms with E-state index in [1.165, 1.54) is 0 Å². The molecule has 4 N–H and O–H groups in total. The maximum atomic E-state index is 6.20. The Morgan fingerprint density at radius 2 is 2.21 bits per heavy atom. The molecule has 3 nitrogen and oxygen atoms in total. The van der Waals surface area contributed by atoms with E-state index in [1.807, 2.05) is 19.3 Å². The van der Waals surface area contributed by atoms with Gasteiger partial charge in [-0.1, -0.05) is 13.8 Å². The van der Waals surface area contributed by atoms with E-state index in [4.69, 9.17) is 5.73 Å². The number of H-pyrrole nitrogens is 1. The van der Waals surface area contributed by atoms with Crippen LogP contribution in [0.5, 0.6) is 0 Å². The topological polar surface area (TPSA) is 53.8 Å². The van der Waals surface area contributed by atoms with Gasteiger partial charge < -0.3 is 16.0 Å². The summed E-state index contributed by atoms with van der Waals surface area (Å²) in [5, 5.41) is 3.20. The van der Waals surface area contributed by atoms with Crippen LogP contribution >= 0.6 is 0 Å². The summed E-state index contributed by atoms with van der Waals surface area (Å²) in [6, 6.07) is 4.14. The first-order chi connectivity index (χ1) is 6.66. The Morgan fingerprint density at radius 1 is 1.50 bits per heavy atom. The molecule has 1 aromatic rings. The van der Waals surface area contributed by atoms with Gasteiger partial charge >= 0.3 is 0 Å². The Hall–Kier alpha value is -0.800. The number of hydrogen-bond donors (Lipinski definition) is 3. The zero-order valence-corrected chi connectivity index (χ0v) is 9.25. The maximum absolute atomic E-state index is 6.20. The minimum absolute atomic E-state index is 0.0949. The number of nitrogens with one attached hydrogen (secondary N) is 2. The highest BCUT2D eigenvalue weighted by Crippen LogP contribution is 2.24. The van der Waals surface area contributed by atoms with Crippen LogP contribution in [-0.2, 0) is 0 Å². The Morgan fingerprint density at radius 3 is 2.64 bits per heavy atom. The molecule has 0 aliphatic rings. The van der Waals surface area contributed by atoms with Crippen LogP contribution in [0.2, 0.25) is 0 Å². The molecule has 0 bridgehead atoms. The second-order valence-electron chi connectivity index (χ2n) is 4.12. The summed E-state index contributed by atoms with van der Waals surface area (Å²) in [5.41, 5.74) is 7.32. The molecule has 0 amide bonds. The molecule has 2 unspecified atom stereocenters. The Labute approximate surface area is 86.1 Å². The molecular weight excluding hydrogens is 174 g/mol. The van der Waals surface area contributed by atoms with Crippen LogP contribution in [0, 0.1) is 11.8 Å². The Kier molecular flexibility index (Phi) is 4.17. The minimum atomic E-state index is 0.0949. The van der Waals surface area contributed by atoms with Crippen molar-refractivity contribution in [3.63, 3.8) is 0 Å². The first kappa shape index (κ1) is 11.3. The summed E-state index contributed by atoms with van der Waals surface area (Å²) in [6.07, 6.45) is 1.92. The van der Waals surface area contributed by atoms with Gasteiger partial charge in [-0.15, -0.1) is 0 Å². The SMILES string of the molecule is CNCC(C(C)C)C(N)c1ccc[nH]1. The van der Waals surface area contributed by atoms with E-state index in [0.29, 0.717) is 11.8 Å². The third-order valence-corrected chi connectivity index (χ3v) is 2.74. The fraction of sp³-hybridized carbons (Fsp3) is 0.636. The molecule has 0 saturated heterocycles. The van der Waals surface area contributed by atoms with Gasteiger partial charge in [0.25, 0.3) is 0 Å². The van der Waals surface area contributed by atoms with E-state index in [-0.39, 0.29) is 6.04 Å². The average Bonchev–Trinajstić information content (AvgIpc) is 2.65. The molecule has 80 valence electrons. The molecule has 14 heavy (non-hydrogen) atoms. The highest BCUT2D eigenvalue weighted by atomic mass is 14.9. The molecule has 1 rings (SSSR count). The lowest BCUT2D eigenvalue weighted by Crippen LogP contribution is -2.33. The molecule has 1 aromatic heterocycles. The van der Waals surface area contributed by atoms with Crippen LogP contribution in [0.3, 0.4) is 0 Å². The summed E-state index contributed by atoms with van der Waals surface area (Å²) < 4.78 is 0. The molecule has 0 aliphatic heterocycles. The highest BCUT2D eigenvalue weighted by molar-refractivity contribution is 5.10. The fourth-order valence-electron chi connectivity index (χ4n) is 1.80. The first-order valence-electron chi connectivity index (χ1n) is 5.20. The molecule has 0 aromatic carbocycles. The Balaban J connectivity index is 2.68. The number of aromatic nitrogens is 1. The van der Waals surface area contributed by atoms with Crippen molar-refractivity contribution in [2.45, 2.75) is 19.9 Å². The van der Waals surface area contributed by atoms with Crippen molar-refractivity contribution in [1.29, 1.82) is 0 Å². The number of hydrogen-bond acceptors (Lipinski definition) is 2. The van der Waals surface area contributed by atoms with Crippen molar-refractivity contribution in [2.75, 3.05) is 13.6 Å². The number of nitrogens with two attached hydrogens (primary N) is 1. The van der Waals surface area contributed by atoms with Crippen LogP contribution in [0.1, 0.15) is 25.6 Å². The van der Waals surface area contributed by atoms with Gasteiger partial charge in [-0.2, -0.15) is 0 Å². The average molecular weight is 195 g/mol. The first-order valence-corrected chi connectivity index (χ1v) is 5.20. The smallest absolute Gasteiger partial charge is 0.0491 e. The normalized spacial score (nSPS) is 15.8. The Bertz CT molecular complexity index is 241. The lowest BCUT2D eigenvalue weighted by molar-refractivity contribution is 0.311. The molecule has 0 saturated carbocycles. The zero-order valence-electron chi connectivity index (χ0n) is 9.25. The van der Waals surface area contributed by atoms with Gasteiger partial charge in [-0.05, 0) is 37.6 Å². The summed E-state index contributed by atoms with van der Waals surface area (Å²) in [4.78, 5) is 3.18. The monoisotopic (exact) mass is 195 g/mol. The van der Waals surface area contributed by atoms with E-state index >= 15 is 0 Å². The number of rotatable bonds is 5. The quantitative estimate of drug-likeness (QED) is 0.667. The van der Waals surface area contributed by atoms with Crippen molar-refractivity contribution < 1.29 is 0 Å². The van der Waals surface area contributed by atoms with Crippen molar-refractivity contribution >= 4 is 0 Å². The second kappa shape index (κ2) is 5.17. The van der Waals surface area contributed by atoms with Crippen LogP contribution < -0.4 is 11.1 Å². The van der Waals surface area contributed by atoms with Gasteiger partial charge in [-0.3, -0.25) is 0 Å². The van der Waals surface area contributed by atoms with E-state index in [0.717, 1.165) is 12.2 Å². The van der Waals surface area contributed by atoms with Crippen LogP contribution in [0.25, 0.3) is 0 Å². The van der Waals surface area contributed by atoms with Crippen molar-refractivity contribution in [1.82, 2.24) is 10.3 Å². The largest absolute Gasteiger partial charge is 0.364 e. The van der Waals surface area contributed by atoms with Crippen molar-refractivity contribution in [2.24, 2.45) is 17.6 Å². The fourth-order valence-corrected chi connectivity index (χ4v) is 1.80. The second-order valence-corrected chi connectivity index (χ2v) is 4.12.